The van der Waals surface area contributed by atoms with Gasteiger partial charge in [0.2, 0.25) is 15.9 Å². The van der Waals surface area contributed by atoms with Gasteiger partial charge >= 0.3 is 0 Å². The zero-order valence-corrected chi connectivity index (χ0v) is 16.6. The number of benzene rings is 2. The molecule has 1 unspecified atom stereocenters. The van der Waals surface area contributed by atoms with E-state index < -0.39 is 10.0 Å². The lowest BCUT2D eigenvalue weighted by atomic mass is 9.88. The van der Waals surface area contributed by atoms with E-state index >= 15 is 0 Å². The third kappa shape index (κ3) is 4.39. The minimum atomic E-state index is -3.69. The zero-order valence-electron chi connectivity index (χ0n) is 15.8. The first-order chi connectivity index (χ1) is 12.9. The van der Waals surface area contributed by atoms with Crippen LogP contribution in [0.3, 0.4) is 0 Å². The molecule has 27 heavy (non-hydrogen) atoms. The van der Waals surface area contributed by atoms with Crippen molar-refractivity contribution in [1.29, 1.82) is 0 Å². The van der Waals surface area contributed by atoms with Gasteiger partial charge in [0.05, 0.1) is 17.5 Å². The summed E-state index contributed by atoms with van der Waals surface area (Å²) in [7, 11) is -3.69. The Morgan fingerprint density at radius 2 is 1.85 bits per heavy atom. The minimum absolute atomic E-state index is 0.0526. The van der Waals surface area contributed by atoms with Gasteiger partial charge in [-0.1, -0.05) is 48.9 Å². The Bertz CT molecular complexity index is 907. The molecule has 0 spiro atoms. The summed E-state index contributed by atoms with van der Waals surface area (Å²) in [6, 6.07) is 14.8. The van der Waals surface area contributed by atoms with Crippen LogP contribution in [0, 0.1) is 6.92 Å². The lowest BCUT2D eigenvalue weighted by Gasteiger charge is -2.27. The average Bonchev–Trinajstić information content (AvgIpc) is 2.66. The van der Waals surface area contributed by atoms with E-state index in [0.717, 1.165) is 30.4 Å². The molecular weight excluding hydrogens is 360 g/mol. The summed E-state index contributed by atoms with van der Waals surface area (Å²) in [5.74, 6) is -0.269. The number of carbonyl (C=O) groups excluding carboxylic acids is 1. The summed E-state index contributed by atoms with van der Waals surface area (Å²) in [6.07, 6.45) is 2.91. The Morgan fingerprint density at radius 1 is 1.15 bits per heavy atom. The van der Waals surface area contributed by atoms with Crippen LogP contribution in [0.1, 0.15) is 42.5 Å². The molecule has 0 fully saturated rings. The van der Waals surface area contributed by atoms with Crippen molar-refractivity contribution in [2.24, 2.45) is 0 Å². The molecule has 1 amide bonds. The molecule has 6 heteroatoms. The predicted octanol–water partition coefficient (Wildman–Crippen LogP) is 3.20. The molecule has 0 bridgehead atoms. The number of likely N-dealkylation sites (N-methyl/N-ethyl adjacent to an activating group) is 1. The van der Waals surface area contributed by atoms with E-state index in [2.05, 4.69) is 11.4 Å². The highest BCUT2D eigenvalue weighted by Crippen LogP contribution is 2.29. The van der Waals surface area contributed by atoms with E-state index in [1.165, 1.54) is 9.87 Å². The second-order valence-electron chi connectivity index (χ2n) is 6.96. The van der Waals surface area contributed by atoms with Crippen molar-refractivity contribution in [1.82, 2.24) is 9.62 Å². The summed E-state index contributed by atoms with van der Waals surface area (Å²) in [6.45, 7) is 3.72. The molecule has 2 aromatic rings. The van der Waals surface area contributed by atoms with Gasteiger partial charge < -0.3 is 5.32 Å². The van der Waals surface area contributed by atoms with Gasteiger partial charge in [0.15, 0.2) is 0 Å². The number of nitrogens with one attached hydrogen (secondary N) is 1. The first kappa shape index (κ1) is 19.6. The number of hydrogen-bond donors (Lipinski definition) is 1. The van der Waals surface area contributed by atoms with E-state index in [9.17, 15) is 13.2 Å². The molecule has 0 aliphatic heterocycles. The maximum absolute atomic E-state index is 12.8. The van der Waals surface area contributed by atoms with Crippen LogP contribution < -0.4 is 5.32 Å². The highest BCUT2D eigenvalue weighted by atomic mass is 32.2. The van der Waals surface area contributed by atoms with E-state index in [1.807, 2.05) is 25.1 Å². The van der Waals surface area contributed by atoms with Crippen molar-refractivity contribution in [3.05, 3.63) is 65.2 Å². The normalized spacial score (nSPS) is 16.8. The standard InChI is InChI=1S/C21H26N2O3S/c1-3-23(27(25,26)18-13-11-16(2)12-14-18)15-21(24)22-20-10-6-8-17-7-4-5-9-19(17)20/h4-5,7,9,11-14,20H,3,6,8,10,15H2,1-2H3,(H,22,24). The van der Waals surface area contributed by atoms with Crippen LogP contribution >= 0.6 is 0 Å². The van der Waals surface area contributed by atoms with E-state index in [4.69, 9.17) is 0 Å². The Balaban J connectivity index is 1.72. The average molecular weight is 387 g/mol. The molecular formula is C21H26N2O3S. The SMILES string of the molecule is CCN(CC(=O)NC1CCCc2ccccc21)S(=O)(=O)c1ccc(C)cc1. The quantitative estimate of drug-likeness (QED) is 0.829. The molecule has 2 aromatic carbocycles. The van der Waals surface area contributed by atoms with Crippen molar-refractivity contribution >= 4 is 15.9 Å². The fraction of sp³-hybridized carbons (Fsp3) is 0.381. The number of rotatable bonds is 6. The van der Waals surface area contributed by atoms with Crippen LogP contribution in [-0.2, 0) is 21.2 Å². The molecule has 1 aliphatic carbocycles. The van der Waals surface area contributed by atoms with Gasteiger partial charge in [-0.15, -0.1) is 0 Å². The van der Waals surface area contributed by atoms with Crippen molar-refractivity contribution in [2.45, 2.75) is 44.0 Å². The van der Waals surface area contributed by atoms with Crippen molar-refractivity contribution < 1.29 is 13.2 Å². The lowest BCUT2D eigenvalue weighted by Crippen LogP contribution is -2.42. The van der Waals surface area contributed by atoms with Crippen LogP contribution in [0.2, 0.25) is 0 Å². The lowest BCUT2D eigenvalue weighted by molar-refractivity contribution is -0.122. The summed E-state index contributed by atoms with van der Waals surface area (Å²) in [5, 5.41) is 3.03. The third-order valence-electron chi connectivity index (χ3n) is 5.04. The molecule has 3 rings (SSSR count). The first-order valence-corrected chi connectivity index (χ1v) is 10.8. The number of nitrogens with zero attached hydrogens (tertiary/aromatic N) is 1. The van der Waals surface area contributed by atoms with Gasteiger partial charge in [-0.2, -0.15) is 4.31 Å². The predicted molar refractivity (Wildman–Crippen MR) is 106 cm³/mol. The molecule has 0 aromatic heterocycles. The maximum atomic E-state index is 12.8. The Hall–Kier alpha value is -2.18. The molecule has 1 aliphatic rings. The highest BCUT2D eigenvalue weighted by molar-refractivity contribution is 7.89. The van der Waals surface area contributed by atoms with Gasteiger partial charge in [0, 0.05) is 6.54 Å². The number of amides is 1. The summed E-state index contributed by atoms with van der Waals surface area (Å²) >= 11 is 0. The topological polar surface area (TPSA) is 66.5 Å². The zero-order chi connectivity index (χ0) is 19.4. The van der Waals surface area contributed by atoms with Crippen molar-refractivity contribution in [2.75, 3.05) is 13.1 Å². The number of aryl methyl sites for hydroxylation is 2. The summed E-state index contributed by atoms with van der Waals surface area (Å²) in [4.78, 5) is 12.8. The highest BCUT2D eigenvalue weighted by Gasteiger charge is 2.27. The van der Waals surface area contributed by atoms with Gasteiger partial charge in [-0.05, 0) is 49.4 Å². The summed E-state index contributed by atoms with van der Waals surface area (Å²) in [5.41, 5.74) is 3.39. The van der Waals surface area contributed by atoms with E-state index in [-0.39, 0.29) is 29.9 Å². The Labute approximate surface area is 161 Å². The van der Waals surface area contributed by atoms with Crippen LogP contribution in [0.25, 0.3) is 0 Å². The van der Waals surface area contributed by atoms with Crippen molar-refractivity contribution in [3.63, 3.8) is 0 Å². The largest absolute Gasteiger partial charge is 0.348 e. The second-order valence-corrected chi connectivity index (χ2v) is 8.89. The minimum Gasteiger partial charge on any atom is -0.348 e. The number of carbonyl (C=O) groups is 1. The molecule has 1 N–H and O–H groups in total. The van der Waals surface area contributed by atoms with Crippen LogP contribution in [0.5, 0.6) is 0 Å². The fourth-order valence-corrected chi connectivity index (χ4v) is 4.94. The van der Waals surface area contributed by atoms with Crippen LogP contribution in [-0.4, -0.2) is 31.7 Å². The molecule has 0 saturated heterocycles. The summed E-state index contributed by atoms with van der Waals surface area (Å²) < 4.78 is 26.9. The Morgan fingerprint density at radius 3 is 2.56 bits per heavy atom. The van der Waals surface area contributed by atoms with Gasteiger partial charge in [0.1, 0.15) is 0 Å². The van der Waals surface area contributed by atoms with E-state index in [0.29, 0.717) is 0 Å². The van der Waals surface area contributed by atoms with Crippen molar-refractivity contribution in [3.8, 4) is 0 Å². The van der Waals surface area contributed by atoms with Gasteiger partial charge in [-0.3, -0.25) is 4.79 Å². The Kier molecular flexibility index (Phi) is 5.97. The van der Waals surface area contributed by atoms with Gasteiger partial charge in [-0.25, -0.2) is 8.42 Å². The molecule has 1 atom stereocenters. The third-order valence-corrected chi connectivity index (χ3v) is 6.97. The number of fused-ring (bicyclic) bond motifs is 1. The molecule has 144 valence electrons. The monoisotopic (exact) mass is 386 g/mol. The fourth-order valence-electron chi connectivity index (χ4n) is 3.53. The molecule has 0 saturated carbocycles. The number of sulfonamides is 1. The maximum Gasteiger partial charge on any atom is 0.243 e. The molecule has 0 radical (unpaired) electrons. The molecule has 0 heterocycles. The first-order valence-electron chi connectivity index (χ1n) is 9.36. The second kappa shape index (κ2) is 8.23. The van der Waals surface area contributed by atoms with Crippen LogP contribution in [0.15, 0.2) is 53.4 Å². The van der Waals surface area contributed by atoms with E-state index in [1.54, 1.807) is 31.2 Å². The number of hydrogen-bond acceptors (Lipinski definition) is 3. The van der Waals surface area contributed by atoms with Gasteiger partial charge in [0.25, 0.3) is 0 Å². The van der Waals surface area contributed by atoms with Crippen LogP contribution in [0.4, 0.5) is 0 Å². The molecule has 5 nitrogen and oxygen atoms in total. The smallest absolute Gasteiger partial charge is 0.243 e.